The standard InChI is InChI=1S/C14H28N2O3/c1-10(11(17)18)8-16(7)12(19)15-14(5,6)9-13(2,3)4/h10H,8-9H2,1-7H3,(H,15,19)(H,17,18). The second-order valence-electron chi connectivity index (χ2n) is 7.17. The van der Waals surface area contributed by atoms with E-state index in [-0.39, 0.29) is 23.5 Å². The van der Waals surface area contributed by atoms with Crippen LogP contribution in [0.3, 0.4) is 0 Å². The first-order valence-electron chi connectivity index (χ1n) is 6.60. The molecular formula is C14H28N2O3. The van der Waals surface area contributed by atoms with Crippen LogP contribution in [0.5, 0.6) is 0 Å². The quantitative estimate of drug-likeness (QED) is 0.808. The Morgan fingerprint density at radius 1 is 1.21 bits per heavy atom. The molecule has 0 aliphatic carbocycles. The summed E-state index contributed by atoms with van der Waals surface area (Å²) in [6.45, 7) is 12.1. The van der Waals surface area contributed by atoms with Crippen molar-refractivity contribution in [3.8, 4) is 0 Å². The zero-order chi connectivity index (χ0) is 15.4. The topological polar surface area (TPSA) is 69.6 Å². The van der Waals surface area contributed by atoms with E-state index in [1.807, 2.05) is 13.8 Å². The van der Waals surface area contributed by atoms with Crippen LogP contribution in [0.2, 0.25) is 0 Å². The maximum absolute atomic E-state index is 12.0. The third-order valence-electron chi connectivity index (χ3n) is 2.73. The number of carboxylic acid groups (broad SMARTS) is 1. The molecule has 0 aromatic heterocycles. The van der Waals surface area contributed by atoms with Gasteiger partial charge in [0.1, 0.15) is 0 Å². The molecular weight excluding hydrogens is 244 g/mol. The molecule has 5 heteroatoms. The zero-order valence-corrected chi connectivity index (χ0v) is 13.2. The van der Waals surface area contributed by atoms with Crippen molar-refractivity contribution < 1.29 is 14.7 Å². The minimum Gasteiger partial charge on any atom is -0.481 e. The Kier molecular flexibility index (Phi) is 5.84. The number of nitrogens with zero attached hydrogens (tertiary/aromatic N) is 1. The van der Waals surface area contributed by atoms with Gasteiger partial charge in [-0.15, -0.1) is 0 Å². The van der Waals surface area contributed by atoms with Crippen molar-refractivity contribution in [3.05, 3.63) is 0 Å². The van der Waals surface area contributed by atoms with Gasteiger partial charge < -0.3 is 15.3 Å². The third kappa shape index (κ3) is 7.70. The Balaban J connectivity index is 4.47. The fourth-order valence-corrected chi connectivity index (χ4v) is 2.33. The largest absolute Gasteiger partial charge is 0.481 e. The van der Waals surface area contributed by atoms with E-state index < -0.39 is 11.9 Å². The van der Waals surface area contributed by atoms with Crippen molar-refractivity contribution in [2.45, 2.75) is 53.5 Å². The average Bonchev–Trinajstić information content (AvgIpc) is 2.11. The zero-order valence-electron chi connectivity index (χ0n) is 13.2. The summed E-state index contributed by atoms with van der Waals surface area (Å²) in [6.07, 6.45) is 0.841. The normalized spacial score (nSPS) is 13.8. The summed E-state index contributed by atoms with van der Waals surface area (Å²) < 4.78 is 0. The summed E-state index contributed by atoms with van der Waals surface area (Å²) in [4.78, 5) is 24.2. The summed E-state index contributed by atoms with van der Waals surface area (Å²) in [5.74, 6) is -1.46. The highest BCUT2D eigenvalue weighted by Crippen LogP contribution is 2.26. The van der Waals surface area contributed by atoms with Crippen molar-refractivity contribution >= 4 is 12.0 Å². The van der Waals surface area contributed by atoms with Gasteiger partial charge in [0, 0.05) is 19.1 Å². The van der Waals surface area contributed by atoms with Crippen LogP contribution in [0.25, 0.3) is 0 Å². The number of carbonyl (C=O) groups is 2. The van der Waals surface area contributed by atoms with E-state index in [0.29, 0.717) is 0 Å². The Labute approximate surface area is 116 Å². The van der Waals surface area contributed by atoms with Gasteiger partial charge in [-0.3, -0.25) is 4.79 Å². The molecule has 0 rings (SSSR count). The van der Waals surface area contributed by atoms with Crippen LogP contribution in [0.15, 0.2) is 0 Å². The number of hydrogen-bond donors (Lipinski definition) is 2. The minimum atomic E-state index is -0.895. The number of urea groups is 1. The fraction of sp³-hybridized carbons (Fsp3) is 0.857. The Morgan fingerprint density at radius 3 is 2.05 bits per heavy atom. The van der Waals surface area contributed by atoms with Gasteiger partial charge in [-0.05, 0) is 25.7 Å². The van der Waals surface area contributed by atoms with Crippen molar-refractivity contribution in [2.24, 2.45) is 11.3 Å². The number of nitrogens with one attached hydrogen (secondary N) is 1. The average molecular weight is 272 g/mol. The maximum Gasteiger partial charge on any atom is 0.317 e. The lowest BCUT2D eigenvalue weighted by atomic mass is 9.82. The molecule has 0 aromatic rings. The van der Waals surface area contributed by atoms with Gasteiger partial charge >= 0.3 is 12.0 Å². The van der Waals surface area contributed by atoms with Crippen LogP contribution in [0.4, 0.5) is 4.79 Å². The molecule has 1 unspecified atom stereocenters. The first kappa shape index (κ1) is 17.7. The van der Waals surface area contributed by atoms with Gasteiger partial charge in [0.05, 0.1) is 5.92 Å². The smallest absolute Gasteiger partial charge is 0.317 e. The maximum atomic E-state index is 12.0. The molecule has 0 aliphatic heterocycles. The van der Waals surface area contributed by atoms with Crippen molar-refractivity contribution in [3.63, 3.8) is 0 Å². The van der Waals surface area contributed by atoms with E-state index in [1.165, 1.54) is 4.90 Å². The number of hydrogen-bond acceptors (Lipinski definition) is 2. The van der Waals surface area contributed by atoms with Crippen LogP contribution in [0.1, 0.15) is 48.0 Å². The van der Waals surface area contributed by atoms with E-state index in [1.54, 1.807) is 14.0 Å². The van der Waals surface area contributed by atoms with Gasteiger partial charge in [0.2, 0.25) is 0 Å². The fourth-order valence-electron chi connectivity index (χ4n) is 2.33. The molecule has 0 spiro atoms. The van der Waals surface area contributed by atoms with E-state index in [0.717, 1.165) is 6.42 Å². The summed E-state index contributed by atoms with van der Waals surface area (Å²) in [7, 11) is 1.61. The van der Waals surface area contributed by atoms with E-state index >= 15 is 0 Å². The van der Waals surface area contributed by atoms with Crippen LogP contribution in [-0.4, -0.2) is 41.1 Å². The molecule has 1 atom stereocenters. The van der Waals surface area contributed by atoms with Crippen LogP contribution < -0.4 is 5.32 Å². The van der Waals surface area contributed by atoms with E-state index in [9.17, 15) is 9.59 Å². The molecule has 0 bridgehead atoms. The Morgan fingerprint density at radius 2 is 1.68 bits per heavy atom. The molecule has 5 nitrogen and oxygen atoms in total. The predicted octanol–water partition coefficient (Wildman–Crippen LogP) is 2.56. The van der Waals surface area contributed by atoms with Gasteiger partial charge in [-0.2, -0.15) is 0 Å². The number of aliphatic carboxylic acids is 1. The summed E-state index contributed by atoms with van der Waals surface area (Å²) in [5.41, 5.74) is -0.209. The van der Waals surface area contributed by atoms with Crippen LogP contribution in [0, 0.1) is 11.3 Å². The molecule has 2 amide bonds. The predicted molar refractivity (Wildman–Crippen MR) is 76.1 cm³/mol. The van der Waals surface area contributed by atoms with Crippen LogP contribution >= 0.6 is 0 Å². The number of carbonyl (C=O) groups excluding carboxylic acids is 1. The minimum absolute atomic E-state index is 0.115. The molecule has 0 radical (unpaired) electrons. The van der Waals surface area contributed by atoms with E-state index in [2.05, 4.69) is 26.1 Å². The number of rotatable bonds is 5. The molecule has 19 heavy (non-hydrogen) atoms. The van der Waals surface area contributed by atoms with Crippen molar-refractivity contribution in [2.75, 3.05) is 13.6 Å². The first-order valence-corrected chi connectivity index (χ1v) is 6.60. The highest BCUT2D eigenvalue weighted by atomic mass is 16.4. The Bertz CT molecular complexity index is 332. The summed E-state index contributed by atoms with van der Waals surface area (Å²) >= 11 is 0. The second-order valence-corrected chi connectivity index (χ2v) is 7.17. The SMILES string of the molecule is CC(CN(C)C(=O)NC(C)(C)CC(C)(C)C)C(=O)O. The van der Waals surface area contributed by atoms with E-state index in [4.69, 9.17) is 5.11 Å². The third-order valence-corrected chi connectivity index (χ3v) is 2.73. The lowest BCUT2D eigenvalue weighted by Crippen LogP contribution is -2.51. The van der Waals surface area contributed by atoms with Crippen molar-refractivity contribution in [1.29, 1.82) is 0 Å². The number of amides is 2. The molecule has 0 aromatic carbocycles. The van der Waals surface area contributed by atoms with Gasteiger partial charge in [-0.1, -0.05) is 27.7 Å². The lowest BCUT2D eigenvalue weighted by Gasteiger charge is -2.35. The molecule has 2 N–H and O–H groups in total. The number of carboxylic acids is 1. The molecule has 0 heterocycles. The molecule has 0 saturated heterocycles. The molecule has 0 aliphatic rings. The second kappa shape index (κ2) is 6.26. The first-order chi connectivity index (χ1) is 8.34. The van der Waals surface area contributed by atoms with Gasteiger partial charge in [0.25, 0.3) is 0 Å². The highest BCUT2D eigenvalue weighted by Gasteiger charge is 2.28. The molecule has 0 saturated carbocycles. The monoisotopic (exact) mass is 272 g/mol. The van der Waals surface area contributed by atoms with Gasteiger partial charge in [-0.25, -0.2) is 4.79 Å². The van der Waals surface area contributed by atoms with Crippen LogP contribution in [-0.2, 0) is 4.79 Å². The van der Waals surface area contributed by atoms with Crippen molar-refractivity contribution in [1.82, 2.24) is 10.2 Å². The molecule has 0 fully saturated rings. The lowest BCUT2D eigenvalue weighted by molar-refractivity contribution is -0.141. The summed E-state index contributed by atoms with van der Waals surface area (Å²) in [6, 6.07) is -0.234. The highest BCUT2D eigenvalue weighted by molar-refractivity contribution is 5.76. The Hall–Kier alpha value is -1.26. The van der Waals surface area contributed by atoms with Gasteiger partial charge in [0.15, 0.2) is 0 Å². The summed E-state index contributed by atoms with van der Waals surface area (Å²) in [5, 5.41) is 11.8. The molecule has 112 valence electrons.